The predicted molar refractivity (Wildman–Crippen MR) is 114 cm³/mol. The van der Waals surface area contributed by atoms with Crippen LogP contribution in [-0.2, 0) is 31.6 Å². The van der Waals surface area contributed by atoms with E-state index in [1.807, 2.05) is 37.3 Å². The molecule has 0 radical (unpaired) electrons. The molecule has 2 aliphatic rings. The van der Waals surface area contributed by atoms with Crippen LogP contribution >= 0.6 is 0 Å². The molecule has 0 spiro atoms. The standard InChI is InChI=1S/C22H25N3O5S/c1-2-22(18-8-4-3-5-9-18)20(26)25(21(27)23-22)16-17-7-6-10-19(15-17)31(28,29)24-11-13-30-14-12-24/h3-10,15H,2,11-14,16H2,1H3,(H,23,27). The van der Waals surface area contributed by atoms with Gasteiger partial charge in [0.05, 0.1) is 24.7 Å². The Morgan fingerprint density at radius 2 is 1.74 bits per heavy atom. The molecule has 2 aliphatic heterocycles. The van der Waals surface area contributed by atoms with Crippen LogP contribution in [-0.4, -0.2) is 55.9 Å². The average molecular weight is 444 g/mol. The zero-order chi connectivity index (χ0) is 22.1. The van der Waals surface area contributed by atoms with E-state index in [0.717, 1.165) is 10.5 Å². The van der Waals surface area contributed by atoms with Gasteiger partial charge in [0, 0.05) is 13.1 Å². The monoisotopic (exact) mass is 443 g/mol. The summed E-state index contributed by atoms with van der Waals surface area (Å²) in [4.78, 5) is 27.3. The van der Waals surface area contributed by atoms with Gasteiger partial charge in [-0.05, 0) is 29.7 Å². The molecule has 164 valence electrons. The third kappa shape index (κ3) is 3.84. The SMILES string of the molecule is CCC1(c2ccccc2)NC(=O)N(Cc2cccc(S(=O)(=O)N3CCOCC3)c2)C1=O. The molecule has 0 bridgehead atoms. The number of amides is 3. The number of hydrogen-bond donors (Lipinski definition) is 1. The molecule has 1 atom stereocenters. The van der Waals surface area contributed by atoms with Crippen LogP contribution in [0, 0.1) is 0 Å². The van der Waals surface area contributed by atoms with E-state index in [2.05, 4.69) is 5.32 Å². The normalized spacial score (nSPS) is 22.5. The highest BCUT2D eigenvalue weighted by Gasteiger charge is 2.51. The molecule has 8 nitrogen and oxygen atoms in total. The Morgan fingerprint density at radius 1 is 1.03 bits per heavy atom. The zero-order valence-electron chi connectivity index (χ0n) is 17.3. The lowest BCUT2D eigenvalue weighted by atomic mass is 9.87. The molecule has 1 unspecified atom stereocenters. The number of imide groups is 1. The van der Waals surface area contributed by atoms with Crippen molar-refractivity contribution in [1.29, 1.82) is 0 Å². The van der Waals surface area contributed by atoms with Gasteiger partial charge in [-0.3, -0.25) is 9.69 Å². The Hall–Kier alpha value is -2.75. The fraction of sp³-hybridized carbons (Fsp3) is 0.364. The highest BCUT2D eigenvalue weighted by molar-refractivity contribution is 7.89. The maximum atomic E-state index is 13.3. The van der Waals surface area contributed by atoms with E-state index in [0.29, 0.717) is 38.3 Å². The van der Waals surface area contributed by atoms with Crippen molar-refractivity contribution in [3.05, 3.63) is 65.7 Å². The summed E-state index contributed by atoms with van der Waals surface area (Å²) in [6.45, 7) is 3.17. The van der Waals surface area contributed by atoms with E-state index >= 15 is 0 Å². The number of nitrogens with zero attached hydrogens (tertiary/aromatic N) is 2. The van der Waals surface area contributed by atoms with Gasteiger partial charge in [0.15, 0.2) is 0 Å². The molecule has 0 aromatic heterocycles. The maximum Gasteiger partial charge on any atom is 0.325 e. The molecule has 4 rings (SSSR count). The van der Waals surface area contributed by atoms with Gasteiger partial charge in [-0.2, -0.15) is 4.31 Å². The quantitative estimate of drug-likeness (QED) is 0.690. The van der Waals surface area contributed by atoms with Crippen molar-refractivity contribution in [3.8, 4) is 0 Å². The van der Waals surface area contributed by atoms with Crippen LogP contribution in [0.3, 0.4) is 0 Å². The Bertz CT molecular complexity index is 1080. The van der Waals surface area contributed by atoms with E-state index < -0.39 is 21.6 Å². The molecule has 3 amide bonds. The molecule has 0 aliphatic carbocycles. The van der Waals surface area contributed by atoms with Crippen LogP contribution in [0.25, 0.3) is 0 Å². The van der Waals surface area contributed by atoms with Crippen LogP contribution < -0.4 is 5.32 Å². The molecular weight excluding hydrogens is 418 g/mol. The number of urea groups is 1. The van der Waals surface area contributed by atoms with Gasteiger partial charge < -0.3 is 10.1 Å². The number of rotatable bonds is 6. The minimum absolute atomic E-state index is 0.00821. The first-order valence-corrected chi connectivity index (χ1v) is 11.7. The number of carbonyl (C=O) groups is 2. The number of benzene rings is 2. The number of sulfonamides is 1. The lowest BCUT2D eigenvalue weighted by molar-refractivity contribution is -0.132. The first-order chi connectivity index (χ1) is 14.9. The summed E-state index contributed by atoms with van der Waals surface area (Å²) >= 11 is 0. The van der Waals surface area contributed by atoms with E-state index in [4.69, 9.17) is 4.74 Å². The van der Waals surface area contributed by atoms with Crippen LogP contribution in [0.15, 0.2) is 59.5 Å². The van der Waals surface area contributed by atoms with Gasteiger partial charge >= 0.3 is 6.03 Å². The second-order valence-electron chi connectivity index (χ2n) is 7.61. The third-order valence-corrected chi connectivity index (χ3v) is 7.71. The van der Waals surface area contributed by atoms with E-state index in [1.165, 1.54) is 16.4 Å². The van der Waals surface area contributed by atoms with Crippen molar-refractivity contribution in [2.24, 2.45) is 0 Å². The summed E-state index contributed by atoms with van der Waals surface area (Å²) in [5, 5.41) is 2.85. The topological polar surface area (TPSA) is 96.0 Å². The number of carbonyl (C=O) groups excluding carboxylic acids is 2. The highest BCUT2D eigenvalue weighted by Crippen LogP contribution is 2.33. The highest BCUT2D eigenvalue weighted by atomic mass is 32.2. The largest absolute Gasteiger partial charge is 0.379 e. The van der Waals surface area contributed by atoms with Gasteiger partial charge in [-0.1, -0.05) is 49.4 Å². The Labute approximate surface area is 181 Å². The van der Waals surface area contributed by atoms with Crippen molar-refractivity contribution in [3.63, 3.8) is 0 Å². The van der Waals surface area contributed by atoms with Crippen molar-refractivity contribution in [2.75, 3.05) is 26.3 Å². The fourth-order valence-electron chi connectivity index (χ4n) is 4.05. The lowest BCUT2D eigenvalue weighted by Gasteiger charge is -2.26. The van der Waals surface area contributed by atoms with Gasteiger partial charge in [0.2, 0.25) is 10.0 Å². The molecule has 2 fully saturated rings. The predicted octanol–water partition coefficient (Wildman–Crippen LogP) is 2.06. The summed E-state index contributed by atoms with van der Waals surface area (Å²) in [6, 6.07) is 15.1. The smallest absolute Gasteiger partial charge is 0.325 e. The minimum Gasteiger partial charge on any atom is -0.379 e. The van der Waals surface area contributed by atoms with Crippen molar-refractivity contribution in [2.45, 2.75) is 30.3 Å². The van der Waals surface area contributed by atoms with Gasteiger partial charge in [-0.25, -0.2) is 13.2 Å². The summed E-state index contributed by atoms with van der Waals surface area (Å²) in [5.74, 6) is -0.340. The van der Waals surface area contributed by atoms with Crippen LogP contribution in [0.5, 0.6) is 0 Å². The third-order valence-electron chi connectivity index (χ3n) is 5.82. The lowest BCUT2D eigenvalue weighted by Crippen LogP contribution is -2.43. The summed E-state index contributed by atoms with van der Waals surface area (Å²) in [5.41, 5.74) is 0.176. The zero-order valence-corrected chi connectivity index (χ0v) is 18.1. The van der Waals surface area contributed by atoms with Crippen LogP contribution in [0.4, 0.5) is 4.79 Å². The molecule has 2 heterocycles. The molecule has 0 saturated carbocycles. The molecule has 2 aromatic rings. The van der Waals surface area contributed by atoms with E-state index in [-0.39, 0.29) is 17.3 Å². The molecule has 2 aromatic carbocycles. The molecule has 31 heavy (non-hydrogen) atoms. The summed E-state index contributed by atoms with van der Waals surface area (Å²) < 4.78 is 32.5. The summed E-state index contributed by atoms with van der Waals surface area (Å²) in [6.07, 6.45) is 0.406. The van der Waals surface area contributed by atoms with E-state index in [1.54, 1.807) is 12.1 Å². The van der Waals surface area contributed by atoms with Crippen LogP contribution in [0.2, 0.25) is 0 Å². The maximum absolute atomic E-state index is 13.3. The Kier molecular flexibility index (Phi) is 5.83. The molecular formula is C22H25N3O5S. The molecule has 2 saturated heterocycles. The van der Waals surface area contributed by atoms with Crippen molar-refractivity contribution >= 4 is 22.0 Å². The van der Waals surface area contributed by atoms with Gasteiger partial charge in [0.25, 0.3) is 5.91 Å². The Morgan fingerprint density at radius 3 is 2.42 bits per heavy atom. The second-order valence-corrected chi connectivity index (χ2v) is 9.55. The first-order valence-electron chi connectivity index (χ1n) is 10.2. The first kappa shape index (κ1) is 21.5. The second kappa shape index (κ2) is 8.41. The average Bonchev–Trinajstić information content (AvgIpc) is 3.05. The van der Waals surface area contributed by atoms with E-state index in [9.17, 15) is 18.0 Å². The fourth-order valence-corrected chi connectivity index (χ4v) is 5.53. The molecule has 9 heteroatoms. The van der Waals surface area contributed by atoms with Crippen molar-refractivity contribution < 1.29 is 22.7 Å². The van der Waals surface area contributed by atoms with Gasteiger partial charge in [-0.15, -0.1) is 0 Å². The number of hydrogen-bond acceptors (Lipinski definition) is 5. The number of ether oxygens (including phenoxy) is 1. The number of morpholine rings is 1. The van der Waals surface area contributed by atoms with Crippen molar-refractivity contribution in [1.82, 2.24) is 14.5 Å². The number of nitrogens with one attached hydrogen (secondary N) is 1. The minimum atomic E-state index is -3.67. The Balaban J connectivity index is 1.59. The van der Waals surface area contributed by atoms with Gasteiger partial charge in [0.1, 0.15) is 5.54 Å². The summed E-state index contributed by atoms with van der Waals surface area (Å²) in [7, 11) is -3.67. The van der Waals surface area contributed by atoms with Crippen LogP contribution in [0.1, 0.15) is 24.5 Å². The molecule has 1 N–H and O–H groups in total.